The quantitative estimate of drug-likeness (QED) is 0.324. The van der Waals surface area contributed by atoms with Crippen molar-refractivity contribution < 1.29 is 14.1 Å². The van der Waals surface area contributed by atoms with E-state index in [1.807, 2.05) is 73.8 Å². The van der Waals surface area contributed by atoms with Gasteiger partial charge < -0.3 is 14.6 Å². The summed E-state index contributed by atoms with van der Waals surface area (Å²) in [5.74, 6) is 1.68. The highest BCUT2D eigenvalue weighted by Gasteiger charge is 2.36. The van der Waals surface area contributed by atoms with Crippen LogP contribution in [0, 0.1) is 0 Å². The Labute approximate surface area is 208 Å². The van der Waals surface area contributed by atoms with Crippen molar-refractivity contribution in [2.75, 3.05) is 11.5 Å². The van der Waals surface area contributed by atoms with Gasteiger partial charge in [-0.05, 0) is 67.1 Å². The van der Waals surface area contributed by atoms with Crippen LogP contribution in [0.25, 0.3) is 16.3 Å². The standard InChI is InChI=1S/C27H26N4O3S/c1-4-18-8-6-9-20(16-18)31-17(3)23(26-29-25(30-34-26)22-10-7-15-35-22)24(28-27(31)32)19-11-13-21(14-12-19)33-5-2/h6-16,24H,4-5H2,1-3H3,(H,28,32). The number of aromatic nitrogens is 2. The van der Waals surface area contributed by atoms with Crippen molar-refractivity contribution in [3.63, 3.8) is 0 Å². The lowest BCUT2D eigenvalue weighted by molar-refractivity contribution is 0.244. The number of rotatable bonds is 7. The fraction of sp³-hybridized carbons (Fsp3) is 0.222. The van der Waals surface area contributed by atoms with Crippen molar-refractivity contribution in [1.29, 1.82) is 0 Å². The second-order valence-electron chi connectivity index (χ2n) is 8.14. The van der Waals surface area contributed by atoms with Crippen LogP contribution in [-0.4, -0.2) is 22.8 Å². The third kappa shape index (κ3) is 4.44. The molecule has 8 heteroatoms. The second-order valence-corrected chi connectivity index (χ2v) is 9.09. The van der Waals surface area contributed by atoms with Crippen LogP contribution >= 0.6 is 11.3 Å². The topological polar surface area (TPSA) is 80.5 Å². The number of amides is 2. The molecule has 0 saturated carbocycles. The van der Waals surface area contributed by atoms with Crippen molar-refractivity contribution in [2.45, 2.75) is 33.2 Å². The monoisotopic (exact) mass is 486 g/mol. The zero-order valence-corrected chi connectivity index (χ0v) is 20.6. The third-order valence-electron chi connectivity index (χ3n) is 5.98. The molecule has 3 heterocycles. The number of nitrogens with one attached hydrogen (secondary N) is 1. The second kappa shape index (κ2) is 9.76. The maximum Gasteiger partial charge on any atom is 0.326 e. The van der Waals surface area contributed by atoms with Crippen molar-refractivity contribution in [3.05, 3.63) is 88.8 Å². The molecule has 1 atom stereocenters. The summed E-state index contributed by atoms with van der Waals surface area (Å²) in [6.07, 6.45) is 0.877. The first-order valence-electron chi connectivity index (χ1n) is 11.6. The maximum atomic E-state index is 13.4. The smallest absolute Gasteiger partial charge is 0.326 e. The van der Waals surface area contributed by atoms with Crippen LogP contribution in [-0.2, 0) is 6.42 Å². The molecule has 0 aliphatic carbocycles. The van der Waals surface area contributed by atoms with Gasteiger partial charge >= 0.3 is 6.03 Å². The first-order valence-corrected chi connectivity index (χ1v) is 12.5. The van der Waals surface area contributed by atoms with Crippen molar-refractivity contribution in [1.82, 2.24) is 15.5 Å². The fourth-order valence-electron chi connectivity index (χ4n) is 4.26. The molecule has 0 saturated heterocycles. The molecule has 1 aliphatic heterocycles. The van der Waals surface area contributed by atoms with E-state index in [0.29, 0.717) is 18.3 Å². The van der Waals surface area contributed by atoms with Crippen LogP contribution in [0.5, 0.6) is 5.75 Å². The Morgan fingerprint density at radius 2 is 1.94 bits per heavy atom. The summed E-state index contributed by atoms with van der Waals surface area (Å²) in [5, 5.41) is 9.35. The molecule has 2 aromatic heterocycles. The number of hydrogen-bond donors (Lipinski definition) is 1. The van der Waals surface area contributed by atoms with Gasteiger partial charge in [0.1, 0.15) is 5.75 Å². The Morgan fingerprint density at radius 3 is 2.66 bits per heavy atom. The molecule has 2 aromatic carbocycles. The van der Waals surface area contributed by atoms with Gasteiger partial charge in [-0.15, -0.1) is 11.3 Å². The van der Waals surface area contributed by atoms with E-state index in [1.165, 1.54) is 0 Å². The molecular formula is C27H26N4O3S. The molecule has 1 unspecified atom stereocenters. The number of urea groups is 1. The van der Waals surface area contributed by atoms with Gasteiger partial charge in [0.25, 0.3) is 5.89 Å². The Morgan fingerprint density at radius 1 is 1.11 bits per heavy atom. The van der Waals surface area contributed by atoms with Gasteiger partial charge in [0, 0.05) is 5.70 Å². The first-order chi connectivity index (χ1) is 17.1. The molecule has 0 spiro atoms. The Hall–Kier alpha value is -3.91. The molecule has 0 radical (unpaired) electrons. The summed E-state index contributed by atoms with van der Waals surface area (Å²) in [4.78, 5) is 20.7. The summed E-state index contributed by atoms with van der Waals surface area (Å²) < 4.78 is 11.4. The molecule has 5 rings (SSSR count). The van der Waals surface area contributed by atoms with Crippen LogP contribution < -0.4 is 15.0 Å². The number of hydrogen-bond acceptors (Lipinski definition) is 6. The first kappa shape index (κ1) is 22.9. The lowest BCUT2D eigenvalue weighted by atomic mass is 9.94. The molecule has 1 aliphatic rings. The molecule has 4 aromatic rings. The van der Waals surface area contributed by atoms with E-state index in [0.717, 1.165) is 45.1 Å². The van der Waals surface area contributed by atoms with E-state index in [2.05, 4.69) is 23.5 Å². The number of thiophene rings is 1. The Kier molecular flexibility index (Phi) is 6.37. The van der Waals surface area contributed by atoms with E-state index < -0.39 is 6.04 Å². The summed E-state index contributed by atoms with van der Waals surface area (Å²) >= 11 is 1.55. The number of nitrogens with zero attached hydrogens (tertiary/aromatic N) is 3. The highest BCUT2D eigenvalue weighted by Crippen LogP contribution is 2.39. The van der Waals surface area contributed by atoms with Gasteiger partial charge in [-0.2, -0.15) is 4.98 Å². The third-order valence-corrected chi connectivity index (χ3v) is 6.85. The number of carbonyl (C=O) groups excluding carboxylic acids is 1. The minimum atomic E-state index is -0.458. The van der Waals surface area contributed by atoms with E-state index >= 15 is 0 Å². The van der Waals surface area contributed by atoms with Gasteiger partial charge in [0.15, 0.2) is 0 Å². The molecule has 0 bridgehead atoms. The van der Waals surface area contributed by atoms with E-state index in [9.17, 15) is 4.79 Å². The predicted octanol–water partition coefficient (Wildman–Crippen LogP) is 6.46. The van der Waals surface area contributed by atoms with Crippen LogP contribution in [0.2, 0.25) is 0 Å². The SMILES string of the molecule is CCOc1ccc(C2NC(=O)N(c3cccc(CC)c3)C(C)=C2c2nc(-c3cccs3)no2)cc1. The summed E-state index contributed by atoms with van der Waals surface area (Å²) in [6.45, 7) is 6.55. The largest absolute Gasteiger partial charge is 0.494 e. The molecule has 0 fully saturated rings. The summed E-state index contributed by atoms with van der Waals surface area (Å²) in [6, 6.07) is 18.9. The zero-order valence-electron chi connectivity index (χ0n) is 19.8. The number of anilines is 1. The molecule has 2 amide bonds. The van der Waals surface area contributed by atoms with Crippen LogP contribution in [0.3, 0.4) is 0 Å². The molecule has 178 valence electrons. The fourth-order valence-corrected chi connectivity index (χ4v) is 4.91. The predicted molar refractivity (Wildman–Crippen MR) is 137 cm³/mol. The number of aryl methyl sites for hydroxylation is 1. The summed E-state index contributed by atoms with van der Waals surface area (Å²) in [5.41, 5.74) is 4.33. The van der Waals surface area contributed by atoms with Gasteiger partial charge in [-0.1, -0.05) is 42.4 Å². The lowest BCUT2D eigenvalue weighted by Gasteiger charge is -2.35. The molecule has 7 nitrogen and oxygen atoms in total. The summed E-state index contributed by atoms with van der Waals surface area (Å²) in [7, 11) is 0. The number of allylic oxidation sites excluding steroid dienone is 1. The van der Waals surface area contributed by atoms with Crippen molar-refractivity contribution in [2.24, 2.45) is 0 Å². The minimum absolute atomic E-state index is 0.212. The van der Waals surface area contributed by atoms with Crippen LogP contribution in [0.1, 0.15) is 43.8 Å². The highest BCUT2D eigenvalue weighted by atomic mass is 32.1. The average molecular weight is 487 g/mol. The number of benzene rings is 2. The van der Waals surface area contributed by atoms with Crippen LogP contribution in [0.4, 0.5) is 10.5 Å². The van der Waals surface area contributed by atoms with Crippen molar-refractivity contribution in [3.8, 4) is 16.5 Å². The maximum absolute atomic E-state index is 13.4. The number of ether oxygens (including phenoxy) is 1. The Balaban J connectivity index is 1.63. The van der Waals surface area contributed by atoms with Crippen molar-refractivity contribution >= 4 is 28.6 Å². The molecule has 35 heavy (non-hydrogen) atoms. The van der Waals surface area contributed by atoms with E-state index in [4.69, 9.17) is 14.2 Å². The normalized spacial score (nSPS) is 15.9. The zero-order chi connectivity index (χ0) is 24.4. The van der Waals surface area contributed by atoms with Gasteiger partial charge in [0.05, 0.1) is 28.8 Å². The molecule has 1 N–H and O–H groups in total. The van der Waals surface area contributed by atoms with Gasteiger partial charge in [-0.3, -0.25) is 4.90 Å². The Bertz CT molecular complexity index is 1360. The lowest BCUT2D eigenvalue weighted by Crippen LogP contribution is -2.46. The van der Waals surface area contributed by atoms with E-state index in [-0.39, 0.29) is 6.03 Å². The highest BCUT2D eigenvalue weighted by molar-refractivity contribution is 7.13. The minimum Gasteiger partial charge on any atom is -0.494 e. The van der Waals surface area contributed by atoms with Crippen LogP contribution in [0.15, 0.2) is 76.3 Å². The number of carbonyl (C=O) groups is 1. The van der Waals surface area contributed by atoms with E-state index in [1.54, 1.807) is 16.2 Å². The molecular weight excluding hydrogens is 460 g/mol. The van der Waals surface area contributed by atoms with Gasteiger partial charge in [0.2, 0.25) is 5.82 Å². The van der Waals surface area contributed by atoms with Gasteiger partial charge in [-0.25, -0.2) is 4.79 Å². The average Bonchev–Trinajstić information content (AvgIpc) is 3.57.